The molecule has 1 aliphatic rings. The molecule has 0 saturated carbocycles. The Morgan fingerprint density at radius 2 is 2.04 bits per heavy atom. The number of amides is 1. The lowest BCUT2D eigenvalue weighted by atomic mass is 10.1. The van der Waals surface area contributed by atoms with Crippen molar-refractivity contribution in [3.05, 3.63) is 29.8 Å². The highest BCUT2D eigenvalue weighted by molar-refractivity contribution is 7.88. The van der Waals surface area contributed by atoms with Gasteiger partial charge >= 0.3 is 0 Å². The van der Waals surface area contributed by atoms with Gasteiger partial charge in [-0.05, 0) is 45.4 Å². The molecule has 0 radical (unpaired) electrons. The maximum absolute atomic E-state index is 12.4. The Morgan fingerprint density at radius 3 is 2.65 bits per heavy atom. The minimum Gasteiger partial charge on any atom is -0.375 e. The fraction of sp³-hybridized carbons (Fsp3) is 0.588. The third-order valence-electron chi connectivity index (χ3n) is 3.61. The lowest BCUT2D eigenvalue weighted by Crippen LogP contribution is -2.53. The second-order valence-corrected chi connectivity index (χ2v) is 9.03. The van der Waals surface area contributed by atoms with Gasteiger partial charge in [-0.3, -0.25) is 4.79 Å². The quantitative estimate of drug-likeness (QED) is 0.692. The van der Waals surface area contributed by atoms with Crippen LogP contribution in [0.5, 0.6) is 0 Å². The highest BCUT2D eigenvalue weighted by Crippen LogP contribution is 2.16. The zero-order chi connectivity index (χ0) is 18.7. The second-order valence-electron chi connectivity index (χ2n) is 7.31. The Kier molecular flexibility index (Phi) is 8.04. The van der Waals surface area contributed by atoms with E-state index >= 15 is 0 Å². The molecule has 9 heteroatoms. The standard InChI is InChI=1S/C17H27N3O4S.ClH/c1-12-15(18-8-9-24-12)16(21)19-14-7-5-6-13(10-14)11-25(22,23)20-17(2,3)4;/h5-7,10,12,15,18,20H,8-9,11H2,1-4H3,(H,19,21);1H/t12-,15+;/m1./s1. The number of carbonyl (C=O) groups is 1. The summed E-state index contributed by atoms with van der Waals surface area (Å²) >= 11 is 0. The predicted molar refractivity (Wildman–Crippen MR) is 105 cm³/mol. The second kappa shape index (κ2) is 9.14. The molecule has 1 aromatic rings. The maximum Gasteiger partial charge on any atom is 0.244 e. The van der Waals surface area contributed by atoms with E-state index in [2.05, 4.69) is 15.4 Å². The summed E-state index contributed by atoms with van der Waals surface area (Å²) in [5.74, 6) is -0.338. The van der Waals surface area contributed by atoms with Crippen LogP contribution in [0.2, 0.25) is 0 Å². The van der Waals surface area contributed by atoms with Crippen LogP contribution >= 0.6 is 12.4 Å². The zero-order valence-electron chi connectivity index (χ0n) is 15.5. The normalized spacial score (nSPS) is 20.9. The smallest absolute Gasteiger partial charge is 0.244 e. The molecule has 1 aliphatic heterocycles. The summed E-state index contributed by atoms with van der Waals surface area (Å²) in [6.07, 6.45) is -0.215. The van der Waals surface area contributed by atoms with Gasteiger partial charge in [-0.25, -0.2) is 13.1 Å². The molecule has 1 saturated heterocycles. The molecule has 1 aromatic carbocycles. The summed E-state index contributed by atoms with van der Waals surface area (Å²) in [5, 5.41) is 5.94. The highest BCUT2D eigenvalue weighted by Gasteiger charge is 2.28. The van der Waals surface area contributed by atoms with Gasteiger partial charge in [0.2, 0.25) is 15.9 Å². The molecule has 3 N–H and O–H groups in total. The number of rotatable bonds is 5. The first kappa shape index (κ1) is 22.9. The topological polar surface area (TPSA) is 96.5 Å². The Hall–Kier alpha value is -1.19. The fourth-order valence-electron chi connectivity index (χ4n) is 2.71. The van der Waals surface area contributed by atoms with E-state index in [0.29, 0.717) is 24.4 Å². The molecule has 0 aromatic heterocycles. The van der Waals surface area contributed by atoms with Crippen LogP contribution in [0.15, 0.2) is 24.3 Å². The van der Waals surface area contributed by atoms with E-state index in [1.54, 1.807) is 45.0 Å². The number of hydrogen-bond donors (Lipinski definition) is 3. The SMILES string of the molecule is C[C@H]1OCCN[C@@H]1C(=O)Nc1cccc(CS(=O)(=O)NC(C)(C)C)c1.Cl. The summed E-state index contributed by atoms with van der Waals surface area (Å²) in [6.45, 7) is 8.43. The number of halogens is 1. The minimum absolute atomic E-state index is 0. The first-order valence-corrected chi connectivity index (χ1v) is 9.97. The molecular formula is C17H28ClN3O4S. The van der Waals surface area contributed by atoms with Crippen molar-refractivity contribution >= 4 is 34.0 Å². The number of sulfonamides is 1. The molecular weight excluding hydrogens is 378 g/mol. The first-order chi connectivity index (χ1) is 11.6. The maximum atomic E-state index is 12.4. The van der Waals surface area contributed by atoms with E-state index in [4.69, 9.17) is 4.74 Å². The van der Waals surface area contributed by atoms with E-state index < -0.39 is 21.6 Å². The number of nitrogens with one attached hydrogen (secondary N) is 3. The van der Waals surface area contributed by atoms with Crippen molar-refractivity contribution in [2.45, 2.75) is 51.1 Å². The molecule has 0 unspecified atom stereocenters. The summed E-state index contributed by atoms with van der Waals surface area (Å²) in [6, 6.07) is 6.44. The number of carbonyl (C=O) groups excluding carboxylic acids is 1. The third kappa shape index (κ3) is 7.20. The molecule has 1 fully saturated rings. The van der Waals surface area contributed by atoms with E-state index in [1.165, 1.54) is 0 Å². The van der Waals surface area contributed by atoms with Crippen molar-refractivity contribution in [1.82, 2.24) is 10.0 Å². The molecule has 0 bridgehead atoms. The summed E-state index contributed by atoms with van der Waals surface area (Å²) < 4.78 is 32.5. The van der Waals surface area contributed by atoms with Crippen LogP contribution in [-0.4, -0.2) is 45.2 Å². The van der Waals surface area contributed by atoms with E-state index in [9.17, 15) is 13.2 Å². The zero-order valence-corrected chi connectivity index (χ0v) is 17.2. The van der Waals surface area contributed by atoms with Crippen LogP contribution in [0.25, 0.3) is 0 Å². The van der Waals surface area contributed by atoms with Crippen molar-refractivity contribution < 1.29 is 17.9 Å². The van der Waals surface area contributed by atoms with Crippen molar-refractivity contribution in [2.75, 3.05) is 18.5 Å². The van der Waals surface area contributed by atoms with Crippen LogP contribution in [-0.2, 0) is 25.3 Å². The van der Waals surface area contributed by atoms with Gasteiger partial charge < -0.3 is 15.4 Å². The molecule has 2 rings (SSSR count). The molecule has 0 aliphatic carbocycles. The fourth-order valence-corrected chi connectivity index (χ4v) is 4.33. The molecule has 148 valence electrons. The number of anilines is 1. The van der Waals surface area contributed by atoms with Gasteiger partial charge in [0.15, 0.2) is 0 Å². The Morgan fingerprint density at radius 1 is 1.35 bits per heavy atom. The van der Waals surface area contributed by atoms with E-state index in [-0.39, 0.29) is 30.2 Å². The minimum atomic E-state index is -3.46. The van der Waals surface area contributed by atoms with Crippen LogP contribution in [0.1, 0.15) is 33.3 Å². The van der Waals surface area contributed by atoms with Crippen molar-refractivity contribution in [3.8, 4) is 0 Å². The highest BCUT2D eigenvalue weighted by atomic mass is 35.5. The lowest BCUT2D eigenvalue weighted by molar-refractivity contribution is -0.123. The molecule has 26 heavy (non-hydrogen) atoms. The van der Waals surface area contributed by atoms with Gasteiger partial charge in [0.05, 0.1) is 18.5 Å². The van der Waals surface area contributed by atoms with Gasteiger partial charge in [0.1, 0.15) is 6.04 Å². The average Bonchev–Trinajstić information content (AvgIpc) is 2.44. The monoisotopic (exact) mass is 405 g/mol. The Bertz CT molecular complexity index is 719. The first-order valence-electron chi connectivity index (χ1n) is 8.32. The molecule has 2 atom stereocenters. The summed E-state index contributed by atoms with van der Waals surface area (Å²) in [4.78, 5) is 12.4. The van der Waals surface area contributed by atoms with Gasteiger partial charge in [-0.2, -0.15) is 0 Å². The van der Waals surface area contributed by atoms with Gasteiger partial charge in [-0.15, -0.1) is 12.4 Å². The summed E-state index contributed by atoms with van der Waals surface area (Å²) in [5.41, 5.74) is 0.636. The molecule has 0 spiro atoms. The van der Waals surface area contributed by atoms with Crippen LogP contribution in [0.4, 0.5) is 5.69 Å². The average molecular weight is 406 g/mol. The molecule has 1 amide bonds. The lowest BCUT2D eigenvalue weighted by Gasteiger charge is -2.29. The van der Waals surface area contributed by atoms with Gasteiger partial charge in [0.25, 0.3) is 0 Å². The van der Waals surface area contributed by atoms with E-state index in [0.717, 1.165) is 0 Å². The largest absolute Gasteiger partial charge is 0.375 e. The number of hydrogen-bond acceptors (Lipinski definition) is 5. The molecule has 7 nitrogen and oxygen atoms in total. The van der Waals surface area contributed by atoms with Crippen molar-refractivity contribution in [3.63, 3.8) is 0 Å². The Balaban J connectivity index is 0.00000338. The van der Waals surface area contributed by atoms with E-state index in [1.807, 2.05) is 6.92 Å². The Labute approximate surface area is 161 Å². The number of morpholine rings is 1. The number of benzene rings is 1. The molecule has 1 heterocycles. The number of ether oxygens (including phenoxy) is 1. The predicted octanol–water partition coefficient (Wildman–Crippen LogP) is 1.64. The van der Waals surface area contributed by atoms with Crippen molar-refractivity contribution in [2.24, 2.45) is 0 Å². The van der Waals surface area contributed by atoms with Crippen LogP contribution in [0, 0.1) is 0 Å². The van der Waals surface area contributed by atoms with Crippen molar-refractivity contribution in [1.29, 1.82) is 0 Å². The van der Waals surface area contributed by atoms with Crippen LogP contribution in [0.3, 0.4) is 0 Å². The summed E-state index contributed by atoms with van der Waals surface area (Å²) in [7, 11) is -3.46. The van der Waals surface area contributed by atoms with Crippen LogP contribution < -0.4 is 15.4 Å². The van der Waals surface area contributed by atoms with Gasteiger partial charge in [0, 0.05) is 17.8 Å². The van der Waals surface area contributed by atoms with Gasteiger partial charge in [-0.1, -0.05) is 12.1 Å². The third-order valence-corrected chi connectivity index (χ3v) is 5.25.